The summed E-state index contributed by atoms with van der Waals surface area (Å²) in [6, 6.07) is 0. The Morgan fingerprint density at radius 3 is 2.81 bits per heavy atom. The Balaban J connectivity index is 2.44. The van der Waals surface area contributed by atoms with Crippen LogP contribution in [0.1, 0.15) is 39.5 Å². The standard InChI is InChI=1S/C14H22O2/c1-5-8-14-9-13(2,3)10(12(14)16-4)6-7-11(14)15/h5,10,12H,1,6-9H2,2-4H3/t10-,12-,14+/m1/s1. The Morgan fingerprint density at radius 1 is 1.56 bits per heavy atom. The van der Waals surface area contributed by atoms with Gasteiger partial charge in [-0.25, -0.2) is 0 Å². The smallest absolute Gasteiger partial charge is 0.141 e. The third kappa shape index (κ3) is 1.39. The van der Waals surface area contributed by atoms with E-state index < -0.39 is 0 Å². The van der Waals surface area contributed by atoms with Gasteiger partial charge in [-0.15, -0.1) is 6.58 Å². The summed E-state index contributed by atoms with van der Waals surface area (Å²) >= 11 is 0. The molecule has 2 aliphatic rings. The van der Waals surface area contributed by atoms with E-state index in [1.54, 1.807) is 7.11 Å². The molecule has 0 heterocycles. The van der Waals surface area contributed by atoms with Crippen molar-refractivity contribution in [3.05, 3.63) is 12.7 Å². The number of methoxy groups -OCH3 is 1. The van der Waals surface area contributed by atoms with E-state index >= 15 is 0 Å². The molecule has 0 amide bonds. The molecule has 0 spiro atoms. The third-order valence-electron chi connectivity index (χ3n) is 4.69. The maximum Gasteiger partial charge on any atom is 0.141 e. The number of allylic oxidation sites excluding steroid dienone is 1. The zero-order valence-electron chi connectivity index (χ0n) is 10.6. The highest BCUT2D eigenvalue weighted by molar-refractivity contribution is 5.87. The molecule has 0 aromatic heterocycles. The van der Waals surface area contributed by atoms with Crippen LogP contribution in [0.15, 0.2) is 12.7 Å². The lowest BCUT2D eigenvalue weighted by Crippen LogP contribution is -2.45. The fraction of sp³-hybridized carbons (Fsp3) is 0.786. The Bertz CT molecular complexity index is 319. The highest BCUT2D eigenvalue weighted by Crippen LogP contribution is 2.61. The molecule has 0 aliphatic heterocycles. The molecule has 90 valence electrons. The van der Waals surface area contributed by atoms with Gasteiger partial charge in [-0.2, -0.15) is 0 Å². The predicted octanol–water partition coefficient (Wildman–Crippen LogP) is 2.97. The molecule has 2 bridgehead atoms. The van der Waals surface area contributed by atoms with Crippen LogP contribution in [0.5, 0.6) is 0 Å². The van der Waals surface area contributed by atoms with E-state index in [1.807, 2.05) is 6.08 Å². The van der Waals surface area contributed by atoms with Crippen molar-refractivity contribution in [3.63, 3.8) is 0 Å². The molecule has 16 heavy (non-hydrogen) atoms. The van der Waals surface area contributed by atoms with Gasteiger partial charge in [0, 0.05) is 13.5 Å². The van der Waals surface area contributed by atoms with Gasteiger partial charge in [0.15, 0.2) is 0 Å². The molecule has 0 unspecified atom stereocenters. The summed E-state index contributed by atoms with van der Waals surface area (Å²) in [6.07, 6.45) is 5.42. The Labute approximate surface area is 98.1 Å². The quantitative estimate of drug-likeness (QED) is 0.686. The van der Waals surface area contributed by atoms with E-state index in [1.165, 1.54) is 0 Å². The SMILES string of the molecule is C=CC[C@]12CC(C)(C)[C@H](CCC1=O)[C@H]2OC. The lowest BCUT2D eigenvalue weighted by atomic mass is 9.70. The van der Waals surface area contributed by atoms with E-state index in [9.17, 15) is 4.79 Å². The number of ketones is 1. The second-order valence-corrected chi connectivity index (χ2v) is 6.04. The molecule has 2 saturated carbocycles. The van der Waals surface area contributed by atoms with E-state index in [2.05, 4.69) is 20.4 Å². The van der Waals surface area contributed by atoms with Gasteiger partial charge in [0.1, 0.15) is 5.78 Å². The van der Waals surface area contributed by atoms with E-state index in [-0.39, 0.29) is 16.9 Å². The maximum absolute atomic E-state index is 12.3. The molecule has 2 nitrogen and oxygen atoms in total. The van der Waals surface area contributed by atoms with Crippen molar-refractivity contribution in [3.8, 4) is 0 Å². The first kappa shape index (κ1) is 11.8. The summed E-state index contributed by atoms with van der Waals surface area (Å²) in [6.45, 7) is 8.35. The average molecular weight is 222 g/mol. The largest absolute Gasteiger partial charge is 0.380 e. The van der Waals surface area contributed by atoms with Gasteiger partial charge in [-0.1, -0.05) is 19.9 Å². The molecule has 0 aromatic rings. The number of hydrogen-bond acceptors (Lipinski definition) is 2. The maximum atomic E-state index is 12.3. The van der Waals surface area contributed by atoms with Crippen molar-refractivity contribution in [1.29, 1.82) is 0 Å². The van der Waals surface area contributed by atoms with Crippen LogP contribution in [0, 0.1) is 16.7 Å². The average Bonchev–Trinajstić information content (AvgIpc) is 2.37. The van der Waals surface area contributed by atoms with E-state index in [4.69, 9.17) is 4.74 Å². The zero-order chi connectivity index (χ0) is 12.0. The van der Waals surface area contributed by atoms with Gasteiger partial charge < -0.3 is 4.74 Å². The molecular formula is C14H22O2. The minimum Gasteiger partial charge on any atom is -0.380 e. The lowest BCUT2D eigenvalue weighted by Gasteiger charge is -2.38. The number of fused-ring (bicyclic) bond motifs is 2. The number of rotatable bonds is 3. The van der Waals surface area contributed by atoms with Gasteiger partial charge in [0.25, 0.3) is 0 Å². The van der Waals surface area contributed by atoms with Crippen molar-refractivity contribution >= 4 is 5.78 Å². The monoisotopic (exact) mass is 222 g/mol. The van der Waals surface area contributed by atoms with E-state index in [0.717, 1.165) is 25.7 Å². The number of ether oxygens (including phenoxy) is 1. The summed E-state index contributed by atoms with van der Waals surface area (Å²) in [7, 11) is 1.75. The van der Waals surface area contributed by atoms with Crippen LogP contribution in [0.4, 0.5) is 0 Å². The highest BCUT2D eigenvalue weighted by atomic mass is 16.5. The summed E-state index contributed by atoms with van der Waals surface area (Å²) in [5.41, 5.74) is -0.0568. The van der Waals surface area contributed by atoms with Crippen LogP contribution in [0.3, 0.4) is 0 Å². The van der Waals surface area contributed by atoms with Crippen molar-refractivity contribution < 1.29 is 9.53 Å². The molecule has 2 rings (SSSR count). The van der Waals surface area contributed by atoms with Gasteiger partial charge in [-0.3, -0.25) is 4.79 Å². The van der Waals surface area contributed by atoms with Crippen LogP contribution in [-0.2, 0) is 9.53 Å². The Kier molecular flexibility index (Phi) is 2.73. The van der Waals surface area contributed by atoms with Gasteiger partial charge in [0.05, 0.1) is 11.5 Å². The fourth-order valence-electron chi connectivity index (χ4n) is 4.12. The molecule has 0 saturated heterocycles. The van der Waals surface area contributed by atoms with Gasteiger partial charge in [-0.05, 0) is 30.6 Å². The van der Waals surface area contributed by atoms with Crippen molar-refractivity contribution in [2.24, 2.45) is 16.7 Å². The second-order valence-electron chi connectivity index (χ2n) is 6.04. The highest BCUT2D eigenvalue weighted by Gasteiger charge is 2.62. The molecule has 2 fully saturated rings. The minimum absolute atomic E-state index is 0.0988. The summed E-state index contributed by atoms with van der Waals surface area (Å²) in [5.74, 6) is 0.913. The van der Waals surface area contributed by atoms with Gasteiger partial charge >= 0.3 is 0 Å². The number of hydrogen-bond donors (Lipinski definition) is 0. The molecule has 0 N–H and O–H groups in total. The first-order valence-corrected chi connectivity index (χ1v) is 6.15. The zero-order valence-corrected chi connectivity index (χ0v) is 10.6. The Hall–Kier alpha value is -0.630. The van der Waals surface area contributed by atoms with Crippen LogP contribution in [0.25, 0.3) is 0 Å². The summed E-state index contributed by atoms with van der Waals surface area (Å²) in [5, 5.41) is 0. The fourth-order valence-corrected chi connectivity index (χ4v) is 4.12. The number of Topliss-reactive ketones (excluding diaryl/α,β-unsaturated/α-hetero) is 1. The minimum atomic E-state index is -0.275. The van der Waals surface area contributed by atoms with E-state index in [0.29, 0.717) is 11.7 Å². The molecule has 3 atom stereocenters. The lowest BCUT2D eigenvalue weighted by molar-refractivity contribution is -0.141. The topological polar surface area (TPSA) is 26.3 Å². The predicted molar refractivity (Wildman–Crippen MR) is 64.2 cm³/mol. The summed E-state index contributed by atoms with van der Waals surface area (Å²) in [4.78, 5) is 12.3. The van der Waals surface area contributed by atoms with Crippen LogP contribution in [0.2, 0.25) is 0 Å². The Morgan fingerprint density at radius 2 is 2.25 bits per heavy atom. The third-order valence-corrected chi connectivity index (χ3v) is 4.69. The molecular weight excluding hydrogens is 200 g/mol. The molecule has 2 aliphatic carbocycles. The number of carbonyl (C=O) groups excluding carboxylic acids is 1. The molecule has 0 radical (unpaired) electrons. The van der Waals surface area contributed by atoms with Crippen molar-refractivity contribution in [2.45, 2.75) is 45.6 Å². The van der Waals surface area contributed by atoms with Crippen LogP contribution in [-0.4, -0.2) is 19.0 Å². The van der Waals surface area contributed by atoms with Crippen LogP contribution >= 0.6 is 0 Å². The van der Waals surface area contributed by atoms with Crippen molar-refractivity contribution in [1.82, 2.24) is 0 Å². The second kappa shape index (κ2) is 3.69. The normalized spacial score (nSPS) is 41.1. The van der Waals surface area contributed by atoms with Gasteiger partial charge in [0.2, 0.25) is 0 Å². The van der Waals surface area contributed by atoms with Crippen LogP contribution < -0.4 is 0 Å². The molecule has 0 aromatic carbocycles. The first-order chi connectivity index (χ1) is 7.48. The summed E-state index contributed by atoms with van der Waals surface area (Å²) < 4.78 is 5.67. The van der Waals surface area contributed by atoms with Crippen molar-refractivity contribution in [2.75, 3.05) is 7.11 Å². The molecule has 2 heteroatoms. The number of carbonyl (C=O) groups is 1. The first-order valence-electron chi connectivity index (χ1n) is 6.15.